The smallest absolute Gasteiger partial charge is 0.203 e. The van der Waals surface area contributed by atoms with E-state index >= 15 is 0 Å². The fraction of sp³-hybridized carbons (Fsp3) is 0.0909. The monoisotopic (exact) mass is 434 g/mol. The zero-order chi connectivity index (χ0) is 19.9. The van der Waals surface area contributed by atoms with E-state index in [1.807, 2.05) is 72.6 Å². The van der Waals surface area contributed by atoms with Crippen LogP contribution in [0.3, 0.4) is 0 Å². The Hall–Kier alpha value is -3.30. The quantitative estimate of drug-likeness (QED) is 0.333. The Balaban J connectivity index is 1.94. The van der Waals surface area contributed by atoms with Gasteiger partial charge < -0.3 is 15.3 Å². The van der Waals surface area contributed by atoms with Crippen molar-refractivity contribution in [1.29, 1.82) is 5.26 Å². The molecule has 0 aliphatic carbocycles. The Morgan fingerprint density at radius 3 is 2.50 bits per heavy atom. The zero-order valence-electron chi connectivity index (χ0n) is 15.3. The van der Waals surface area contributed by atoms with Gasteiger partial charge in [-0.15, -0.1) is 0 Å². The number of aliphatic imine (C=N–C) groups is 1. The minimum absolute atomic E-state index is 0.00742. The van der Waals surface area contributed by atoms with E-state index in [-0.39, 0.29) is 5.75 Å². The number of nitriles is 1. The number of aromatic hydroxyl groups is 1. The molecule has 5 nitrogen and oxygen atoms in total. The molecule has 0 aliphatic heterocycles. The van der Waals surface area contributed by atoms with Crippen molar-refractivity contribution in [2.45, 2.75) is 6.54 Å². The Morgan fingerprint density at radius 2 is 1.82 bits per heavy atom. The first kappa shape index (κ1) is 19.5. The second-order valence-electron chi connectivity index (χ2n) is 6.20. The summed E-state index contributed by atoms with van der Waals surface area (Å²) >= 11 is 3.52. The fourth-order valence-corrected chi connectivity index (χ4v) is 3.00. The molecule has 0 spiro atoms. The van der Waals surface area contributed by atoms with Crippen molar-refractivity contribution in [2.24, 2.45) is 4.99 Å². The SMILES string of the molecule is CN(Cc1ccccc1)C(=Nc1ccccc1Br)Nc1ccc(C#N)cc1O. The molecule has 0 saturated carbocycles. The van der Waals surface area contributed by atoms with Crippen LogP contribution in [0.4, 0.5) is 11.4 Å². The summed E-state index contributed by atoms with van der Waals surface area (Å²) in [6, 6.07) is 24.5. The van der Waals surface area contributed by atoms with E-state index in [0.717, 1.165) is 15.7 Å². The third-order valence-electron chi connectivity index (χ3n) is 4.08. The van der Waals surface area contributed by atoms with Gasteiger partial charge in [-0.1, -0.05) is 42.5 Å². The molecule has 0 atom stereocenters. The molecule has 0 radical (unpaired) electrons. The number of halogens is 1. The van der Waals surface area contributed by atoms with Crippen LogP contribution in [0.15, 0.2) is 82.3 Å². The van der Waals surface area contributed by atoms with Gasteiger partial charge in [-0.25, -0.2) is 4.99 Å². The topological polar surface area (TPSA) is 71.7 Å². The standard InChI is InChI=1S/C22H19BrN4O/c1-27(15-16-7-3-2-4-8-16)22(25-19-10-6-5-9-18(19)23)26-20-12-11-17(14-24)13-21(20)28/h2-13,28H,15H2,1H3,(H,25,26). The largest absolute Gasteiger partial charge is 0.506 e. The molecule has 0 unspecified atom stereocenters. The molecule has 3 aromatic carbocycles. The Bertz CT molecular complexity index is 1030. The van der Waals surface area contributed by atoms with Gasteiger partial charge >= 0.3 is 0 Å². The average molecular weight is 435 g/mol. The van der Waals surface area contributed by atoms with E-state index < -0.39 is 0 Å². The van der Waals surface area contributed by atoms with Crippen molar-refractivity contribution in [1.82, 2.24) is 4.90 Å². The maximum Gasteiger partial charge on any atom is 0.203 e. The predicted molar refractivity (Wildman–Crippen MR) is 116 cm³/mol. The van der Waals surface area contributed by atoms with Crippen molar-refractivity contribution in [3.8, 4) is 11.8 Å². The van der Waals surface area contributed by atoms with Gasteiger partial charge in [0.1, 0.15) is 5.75 Å². The second-order valence-corrected chi connectivity index (χ2v) is 7.05. The number of rotatable bonds is 4. The Morgan fingerprint density at radius 1 is 1.11 bits per heavy atom. The second kappa shape index (κ2) is 9.07. The highest BCUT2D eigenvalue weighted by Crippen LogP contribution is 2.27. The third kappa shape index (κ3) is 4.90. The van der Waals surface area contributed by atoms with Gasteiger partial charge in [-0.05, 0) is 51.8 Å². The lowest BCUT2D eigenvalue weighted by molar-refractivity contribution is 0.475. The van der Waals surface area contributed by atoms with Gasteiger partial charge in [0, 0.05) is 18.1 Å². The van der Waals surface area contributed by atoms with E-state index in [1.54, 1.807) is 12.1 Å². The van der Waals surface area contributed by atoms with Crippen LogP contribution in [0, 0.1) is 11.3 Å². The molecule has 0 aromatic heterocycles. The highest BCUT2D eigenvalue weighted by molar-refractivity contribution is 9.10. The van der Waals surface area contributed by atoms with Crippen molar-refractivity contribution in [2.75, 3.05) is 12.4 Å². The minimum Gasteiger partial charge on any atom is -0.506 e. The zero-order valence-corrected chi connectivity index (χ0v) is 16.9. The van der Waals surface area contributed by atoms with E-state index in [2.05, 4.69) is 21.2 Å². The molecule has 140 valence electrons. The lowest BCUT2D eigenvalue weighted by Crippen LogP contribution is -2.32. The number of nitrogens with one attached hydrogen (secondary N) is 1. The maximum atomic E-state index is 10.3. The summed E-state index contributed by atoms with van der Waals surface area (Å²) in [5, 5.41) is 22.5. The number of hydrogen-bond donors (Lipinski definition) is 2. The minimum atomic E-state index is -0.00742. The molecular weight excluding hydrogens is 416 g/mol. The van der Waals surface area contributed by atoms with Crippen LogP contribution in [0.2, 0.25) is 0 Å². The number of phenolic OH excluding ortho intramolecular Hbond substituents is 1. The summed E-state index contributed by atoms with van der Waals surface area (Å²) in [6.45, 7) is 0.633. The van der Waals surface area contributed by atoms with Crippen LogP contribution < -0.4 is 5.32 Å². The predicted octanol–water partition coefficient (Wildman–Crippen LogP) is 5.26. The number of para-hydroxylation sites is 1. The van der Waals surface area contributed by atoms with Crippen LogP contribution in [-0.2, 0) is 6.54 Å². The highest BCUT2D eigenvalue weighted by Gasteiger charge is 2.12. The molecule has 0 aliphatic rings. The van der Waals surface area contributed by atoms with E-state index in [9.17, 15) is 5.11 Å². The van der Waals surface area contributed by atoms with Crippen LogP contribution in [-0.4, -0.2) is 23.0 Å². The Kier molecular flexibility index (Phi) is 6.30. The van der Waals surface area contributed by atoms with E-state index in [0.29, 0.717) is 23.8 Å². The van der Waals surface area contributed by atoms with Crippen molar-refractivity contribution >= 4 is 33.3 Å². The van der Waals surface area contributed by atoms with Crippen molar-refractivity contribution in [3.63, 3.8) is 0 Å². The van der Waals surface area contributed by atoms with Crippen LogP contribution in [0.5, 0.6) is 5.75 Å². The van der Waals surface area contributed by atoms with Gasteiger partial charge in [0.05, 0.1) is 23.0 Å². The first-order valence-corrected chi connectivity index (χ1v) is 9.44. The number of phenols is 1. The molecular formula is C22H19BrN4O. The van der Waals surface area contributed by atoms with Gasteiger partial charge in [0.25, 0.3) is 0 Å². The van der Waals surface area contributed by atoms with Crippen LogP contribution in [0.1, 0.15) is 11.1 Å². The Labute approximate surface area is 172 Å². The number of hydrogen-bond acceptors (Lipinski definition) is 3. The maximum absolute atomic E-state index is 10.3. The van der Waals surface area contributed by atoms with Crippen molar-refractivity contribution < 1.29 is 5.11 Å². The first-order valence-electron chi connectivity index (χ1n) is 8.65. The van der Waals surface area contributed by atoms with E-state index in [4.69, 9.17) is 10.3 Å². The molecule has 0 fully saturated rings. The summed E-state index contributed by atoms with van der Waals surface area (Å²) in [5.41, 5.74) is 2.77. The molecule has 3 aromatic rings. The third-order valence-corrected chi connectivity index (χ3v) is 4.75. The summed E-state index contributed by atoms with van der Waals surface area (Å²) in [6.07, 6.45) is 0. The fourth-order valence-electron chi connectivity index (χ4n) is 2.62. The molecule has 0 amide bonds. The van der Waals surface area contributed by atoms with Gasteiger partial charge in [-0.2, -0.15) is 5.26 Å². The normalized spacial score (nSPS) is 11.0. The summed E-state index contributed by atoms with van der Waals surface area (Å²) in [4.78, 5) is 6.71. The lowest BCUT2D eigenvalue weighted by Gasteiger charge is -2.23. The molecule has 0 bridgehead atoms. The van der Waals surface area contributed by atoms with Gasteiger partial charge in [0.15, 0.2) is 0 Å². The van der Waals surface area contributed by atoms with Gasteiger partial charge in [0.2, 0.25) is 5.96 Å². The molecule has 28 heavy (non-hydrogen) atoms. The number of guanidine groups is 1. The first-order chi connectivity index (χ1) is 13.6. The summed E-state index contributed by atoms with van der Waals surface area (Å²) in [5.74, 6) is 0.558. The summed E-state index contributed by atoms with van der Waals surface area (Å²) < 4.78 is 0.867. The van der Waals surface area contributed by atoms with Crippen LogP contribution in [0.25, 0.3) is 0 Å². The van der Waals surface area contributed by atoms with Crippen LogP contribution >= 0.6 is 15.9 Å². The number of benzene rings is 3. The molecule has 0 saturated heterocycles. The number of nitrogens with zero attached hydrogens (tertiary/aromatic N) is 3. The molecule has 6 heteroatoms. The van der Waals surface area contributed by atoms with E-state index in [1.165, 1.54) is 6.07 Å². The lowest BCUT2D eigenvalue weighted by atomic mass is 10.2. The molecule has 3 rings (SSSR count). The molecule has 2 N–H and O–H groups in total. The summed E-state index contributed by atoms with van der Waals surface area (Å²) in [7, 11) is 1.93. The van der Waals surface area contributed by atoms with Crippen molar-refractivity contribution in [3.05, 3.63) is 88.4 Å². The average Bonchev–Trinajstić information content (AvgIpc) is 2.71. The molecule has 0 heterocycles. The van der Waals surface area contributed by atoms with Gasteiger partial charge in [-0.3, -0.25) is 0 Å². The number of anilines is 1. The highest BCUT2D eigenvalue weighted by atomic mass is 79.9.